The van der Waals surface area contributed by atoms with Crippen molar-refractivity contribution in [1.29, 1.82) is 0 Å². The van der Waals surface area contributed by atoms with E-state index in [9.17, 15) is 14.4 Å². The summed E-state index contributed by atoms with van der Waals surface area (Å²) in [5, 5.41) is 0. The highest BCUT2D eigenvalue weighted by molar-refractivity contribution is 5.71. The van der Waals surface area contributed by atoms with Gasteiger partial charge in [-0.15, -0.1) is 0 Å². The molecule has 0 aromatic rings. The van der Waals surface area contributed by atoms with Crippen molar-refractivity contribution in [2.75, 3.05) is 13.2 Å². The van der Waals surface area contributed by atoms with Crippen molar-refractivity contribution >= 4 is 17.9 Å². The Morgan fingerprint density at radius 2 is 0.500 bits per heavy atom. The van der Waals surface area contributed by atoms with E-state index in [1.807, 2.05) is 0 Å². The van der Waals surface area contributed by atoms with E-state index in [-0.39, 0.29) is 37.5 Å². The molecule has 0 aromatic heterocycles. The third-order valence-electron chi connectivity index (χ3n) is 13.9. The van der Waals surface area contributed by atoms with Gasteiger partial charge in [0.15, 0.2) is 6.10 Å². The summed E-state index contributed by atoms with van der Waals surface area (Å²) in [5.74, 6) is -0.969. The maximum absolute atomic E-state index is 12.9. The molecule has 0 amide bonds. The van der Waals surface area contributed by atoms with Crippen LogP contribution in [-0.2, 0) is 28.6 Å². The molecule has 0 fully saturated rings. The first kappa shape index (κ1) is 75.5. The van der Waals surface area contributed by atoms with Gasteiger partial charge in [-0.25, -0.2) is 0 Å². The van der Waals surface area contributed by atoms with Gasteiger partial charge in [-0.3, -0.25) is 14.4 Å². The fraction of sp³-hybridized carbons (Fsp3) is 0.662. The summed E-state index contributed by atoms with van der Waals surface area (Å²) >= 11 is 0. The van der Waals surface area contributed by atoms with Crippen LogP contribution in [0.5, 0.6) is 0 Å². The quantitative estimate of drug-likeness (QED) is 0.0261. The van der Waals surface area contributed by atoms with E-state index in [0.717, 1.165) is 122 Å². The summed E-state index contributed by atoms with van der Waals surface area (Å²) in [6.07, 6.45) is 94.7. The molecule has 0 spiro atoms. The highest BCUT2D eigenvalue weighted by Crippen LogP contribution is 2.16. The van der Waals surface area contributed by atoms with E-state index in [4.69, 9.17) is 14.2 Å². The van der Waals surface area contributed by atoms with Gasteiger partial charge in [0.05, 0.1) is 0 Å². The molecule has 0 saturated carbocycles. The molecular formula is C74H122O6. The molecule has 1 unspecified atom stereocenters. The predicted molar refractivity (Wildman–Crippen MR) is 348 cm³/mol. The topological polar surface area (TPSA) is 78.9 Å². The van der Waals surface area contributed by atoms with Gasteiger partial charge in [0, 0.05) is 19.3 Å². The normalized spacial score (nSPS) is 13.0. The van der Waals surface area contributed by atoms with Crippen molar-refractivity contribution in [3.63, 3.8) is 0 Å². The maximum Gasteiger partial charge on any atom is 0.306 e. The van der Waals surface area contributed by atoms with Gasteiger partial charge in [0.1, 0.15) is 13.2 Å². The number of carbonyl (C=O) groups excluding carboxylic acids is 3. The Labute approximate surface area is 494 Å². The van der Waals surface area contributed by atoms with E-state index in [0.29, 0.717) is 19.3 Å². The molecule has 0 aliphatic carbocycles. The van der Waals surface area contributed by atoms with Crippen LogP contribution >= 0.6 is 0 Å². The highest BCUT2D eigenvalue weighted by Gasteiger charge is 2.19. The van der Waals surface area contributed by atoms with Gasteiger partial charge in [-0.05, 0) is 128 Å². The molecule has 454 valence electrons. The number of hydrogen-bond acceptors (Lipinski definition) is 6. The first-order valence-electron chi connectivity index (χ1n) is 33.2. The van der Waals surface area contributed by atoms with Gasteiger partial charge in [0.2, 0.25) is 0 Å². The zero-order valence-corrected chi connectivity index (χ0v) is 52.0. The molecule has 6 nitrogen and oxygen atoms in total. The third-order valence-corrected chi connectivity index (χ3v) is 13.9. The fourth-order valence-electron chi connectivity index (χ4n) is 8.97. The number of hydrogen-bond donors (Lipinski definition) is 0. The number of rotatable bonds is 59. The Morgan fingerprint density at radius 3 is 0.812 bits per heavy atom. The molecule has 0 aliphatic heterocycles. The molecule has 0 radical (unpaired) electrons. The SMILES string of the molecule is CC/C=C\C/C=C\C/C=C\C/C=C\C/C=C\CCCCCCCCCCCCCCCC(=O)OCC(COC(=O)CCCCCCC/C=C\CCCCCCCCC)OC(=O)CCC/C=C\C/C=C\C/C=C\C/C=C\C/C=C\CC. The summed E-state index contributed by atoms with van der Waals surface area (Å²) < 4.78 is 16.9. The van der Waals surface area contributed by atoms with Crippen molar-refractivity contribution < 1.29 is 28.6 Å². The number of allylic oxidation sites excluding steroid dienone is 22. The van der Waals surface area contributed by atoms with Crippen LogP contribution in [0.15, 0.2) is 134 Å². The molecule has 0 aromatic carbocycles. The van der Waals surface area contributed by atoms with Crippen LogP contribution in [0.1, 0.15) is 297 Å². The Hall–Kier alpha value is -4.45. The summed E-state index contributed by atoms with van der Waals surface area (Å²) in [5.41, 5.74) is 0. The average molecular weight is 1110 g/mol. The third kappa shape index (κ3) is 64.4. The van der Waals surface area contributed by atoms with Crippen LogP contribution in [-0.4, -0.2) is 37.2 Å². The monoisotopic (exact) mass is 1110 g/mol. The van der Waals surface area contributed by atoms with Crippen molar-refractivity contribution in [2.45, 2.75) is 303 Å². The van der Waals surface area contributed by atoms with Crippen LogP contribution < -0.4 is 0 Å². The average Bonchev–Trinajstić information content (AvgIpc) is 3.46. The van der Waals surface area contributed by atoms with Crippen molar-refractivity contribution in [2.24, 2.45) is 0 Å². The van der Waals surface area contributed by atoms with Crippen LogP contribution in [0.2, 0.25) is 0 Å². The lowest BCUT2D eigenvalue weighted by atomic mass is 10.0. The molecule has 6 heteroatoms. The molecular weight excluding hydrogens is 985 g/mol. The second kappa shape index (κ2) is 67.1. The molecule has 80 heavy (non-hydrogen) atoms. The number of esters is 3. The molecule has 0 N–H and O–H groups in total. The van der Waals surface area contributed by atoms with Crippen molar-refractivity contribution in [3.05, 3.63) is 134 Å². The lowest BCUT2D eigenvalue weighted by Gasteiger charge is -2.18. The van der Waals surface area contributed by atoms with E-state index >= 15 is 0 Å². The number of ether oxygens (including phenoxy) is 3. The molecule has 1 atom stereocenters. The number of unbranched alkanes of at least 4 members (excludes halogenated alkanes) is 26. The lowest BCUT2D eigenvalue weighted by molar-refractivity contribution is -0.167. The van der Waals surface area contributed by atoms with Gasteiger partial charge >= 0.3 is 17.9 Å². The molecule has 0 aliphatic rings. The van der Waals surface area contributed by atoms with Crippen molar-refractivity contribution in [3.8, 4) is 0 Å². The Kier molecular flexibility index (Phi) is 63.3. The first-order valence-corrected chi connectivity index (χ1v) is 33.2. The zero-order valence-electron chi connectivity index (χ0n) is 52.0. The van der Waals surface area contributed by atoms with Gasteiger partial charge < -0.3 is 14.2 Å². The molecule has 0 heterocycles. The number of carbonyl (C=O) groups is 3. The first-order chi connectivity index (χ1) is 39.5. The van der Waals surface area contributed by atoms with Crippen LogP contribution in [0, 0.1) is 0 Å². The largest absolute Gasteiger partial charge is 0.462 e. The van der Waals surface area contributed by atoms with Gasteiger partial charge in [-0.2, -0.15) is 0 Å². The molecule has 0 rings (SSSR count). The van der Waals surface area contributed by atoms with Gasteiger partial charge in [0.25, 0.3) is 0 Å². The van der Waals surface area contributed by atoms with Crippen LogP contribution in [0.4, 0.5) is 0 Å². The van der Waals surface area contributed by atoms with E-state index in [1.54, 1.807) is 0 Å². The minimum absolute atomic E-state index is 0.106. The smallest absolute Gasteiger partial charge is 0.306 e. The Balaban J connectivity index is 4.37. The minimum Gasteiger partial charge on any atom is -0.462 e. The Bertz CT molecular complexity index is 1700. The highest BCUT2D eigenvalue weighted by atomic mass is 16.6. The van der Waals surface area contributed by atoms with E-state index < -0.39 is 6.10 Å². The standard InChI is InChI=1S/C74H122O6/c1-4-7-10-13-16-19-22-25-28-31-32-33-34-35-36-37-38-39-40-41-42-44-46-49-52-55-58-61-64-67-73(76)79-70-71(69-78-72(75)66-63-60-57-54-51-48-45-30-27-24-21-18-15-12-9-6-3)80-74(77)68-65-62-59-56-53-50-47-43-29-26-23-20-17-14-11-8-5-2/h7-8,10-11,16-17,19-20,25-26,28-30,32-33,35-36,45,47,50,56,59,71H,4-6,9,12-15,18,21-24,27,31,34,37-44,46,48-49,51-55,57-58,60-70H2,1-3H3/b10-7-,11-8-,19-16-,20-17-,28-25-,29-26-,33-32-,36-35-,45-30-,50-47-,59-56-. The maximum atomic E-state index is 12.9. The lowest BCUT2D eigenvalue weighted by Crippen LogP contribution is -2.30. The summed E-state index contributed by atoms with van der Waals surface area (Å²) in [6, 6.07) is 0. The summed E-state index contributed by atoms with van der Waals surface area (Å²) in [6.45, 7) is 6.37. The zero-order chi connectivity index (χ0) is 57.8. The predicted octanol–water partition coefficient (Wildman–Crippen LogP) is 22.9. The van der Waals surface area contributed by atoms with E-state index in [1.165, 1.54) is 128 Å². The van der Waals surface area contributed by atoms with Crippen LogP contribution in [0.25, 0.3) is 0 Å². The molecule has 0 saturated heterocycles. The van der Waals surface area contributed by atoms with Gasteiger partial charge in [-0.1, -0.05) is 283 Å². The Morgan fingerprint density at radius 1 is 0.263 bits per heavy atom. The molecule has 0 bridgehead atoms. The fourth-order valence-corrected chi connectivity index (χ4v) is 8.97. The second-order valence-electron chi connectivity index (χ2n) is 21.6. The van der Waals surface area contributed by atoms with Crippen LogP contribution in [0.3, 0.4) is 0 Å². The van der Waals surface area contributed by atoms with E-state index in [2.05, 4.69) is 154 Å². The minimum atomic E-state index is -0.817. The summed E-state index contributed by atoms with van der Waals surface area (Å²) in [7, 11) is 0. The second-order valence-corrected chi connectivity index (χ2v) is 21.6. The van der Waals surface area contributed by atoms with Crippen molar-refractivity contribution in [1.82, 2.24) is 0 Å². The summed E-state index contributed by atoms with van der Waals surface area (Å²) in [4.78, 5) is 38.3.